The highest BCUT2D eigenvalue weighted by Gasteiger charge is 2.45. The number of aliphatic imine (C=N–C) groups is 1. The van der Waals surface area contributed by atoms with E-state index in [0.717, 1.165) is 17.5 Å². The number of hydrogen-bond acceptors (Lipinski definition) is 3. The van der Waals surface area contributed by atoms with E-state index in [-0.39, 0.29) is 24.2 Å². The van der Waals surface area contributed by atoms with Crippen LogP contribution in [0.15, 0.2) is 53.5 Å². The average Bonchev–Trinajstić information content (AvgIpc) is 2.54. The molecule has 0 spiro atoms. The SMILES string of the molecule is Cc1ccc2c(c1)C1C(O)=NC(Cc3ccccc3)NC1OC2(C)C. The lowest BCUT2D eigenvalue weighted by Crippen LogP contribution is -2.55. The van der Waals surface area contributed by atoms with Crippen LogP contribution in [-0.2, 0) is 16.8 Å². The Kier molecular flexibility index (Phi) is 3.89. The van der Waals surface area contributed by atoms with Gasteiger partial charge in [-0.2, -0.15) is 0 Å². The predicted octanol–water partition coefficient (Wildman–Crippen LogP) is 3.80. The van der Waals surface area contributed by atoms with Crippen LogP contribution >= 0.6 is 0 Å². The van der Waals surface area contributed by atoms with Crippen LogP contribution in [-0.4, -0.2) is 23.4 Å². The first-order chi connectivity index (χ1) is 11.9. The van der Waals surface area contributed by atoms with Crippen LogP contribution in [0, 0.1) is 6.92 Å². The second kappa shape index (κ2) is 5.97. The van der Waals surface area contributed by atoms with Crippen LogP contribution in [0.4, 0.5) is 0 Å². The smallest absolute Gasteiger partial charge is 0.194 e. The third-order valence-electron chi connectivity index (χ3n) is 5.11. The van der Waals surface area contributed by atoms with Crippen molar-refractivity contribution in [2.24, 2.45) is 4.99 Å². The number of fused-ring (bicyclic) bond motifs is 3. The Morgan fingerprint density at radius 2 is 1.92 bits per heavy atom. The summed E-state index contributed by atoms with van der Waals surface area (Å²) in [6, 6.07) is 16.5. The molecule has 3 unspecified atom stereocenters. The van der Waals surface area contributed by atoms with Crippen molar-refractivity contribution in [3.8, 4) is 0 Å². The zero-order chi connectivity index (χ0) is 17.6. The number of aryl methyl sites for hydroxylation is 1. The summed E-state index contributed by atoms with van der Waals surface area (Å²) in [7, 11) is 0. The maximum Gasteiger partial charge on any atom is 0.194 e. The lowest BCUT2D eigenvalue weighted by atomic mass is 9.80. The predicted molar refractivity (Wildman–Crippen MR) is 99.0 cm³/mol. The lowest BCUT2D eigenvalue weighted by Gasteiger charge is -2.45. The monoisotopic (exact) mass is 336 g/mol. The molecule has 4 nitrogen and oxygen atoms in total. The number of nitrogens with one attached hydrogen (secondary N) is 1. The van der Waals surface area contributed by atoms with E-state index in [1.807, 2.05) is 18.2 Å². The molecule has 0 amide bonds. The van der Waals surface area contributed by atoms with Gasteiger partial charge in [0, 0.05) is 6.42 Å². The van der Waals surface area contributed by atoms with E-state index in [2.05, 4.69) is 61.4 Å². The van der Waals surface area contributed by atoms with Crippen LogP contribution < -0.4 is 5.32 Å². The van der Waals surface area contributed by atoms with Crippen molar-refractivity contribution < 1.29 is 9.84 Å². The molecule has 0 fully saturated rings. The average molecular weight is 336 g/mol. The first kappa shape index (κ1) is 16.3. The first-order valence-corrected chi connectivity index (χ1v) is 8.79. The molecule has 3 atom stereocenters. The Hall–Kier alpha value is -2.17. The van der Waals surface area contributed by atoms with Gasteiger partial charge in [0.15, 0.2) is 5.90 Å². The molecule has 2 heterocycles. The van der Waals surface area contributed by atoms with E-state index in [4.69, 9.17) is 4.74 Å². The molecule has 2 aromatic carbocycles. The molecule has 0 saturated carbocycles. The normalized spacial score (nSPS) is 27.2. The van der Waals surface area contributed by atoms with E-state index in [9.17, 15) is 5.11 Å². The highest BCUT2D eigenvalue weighted by molar-refractivity contribution is 5.84. The second-order valence-electron chi connectivity index (χ2n) is 7.48. The molecule has 130 valence electrons. The van der Waals surface area contributed by atoms with Gasteiger partial charge in [-0.05, 0) is 37.5 Å². The molecule has 4 heteroatoms. The lowest BCUT2D eigenvalue weighted by molar-refractivity contribution is -0.114. The molecule has 2 aliphatic heterocycles. The van der Waals surface area contributed by atoms with Gasteiger partial charge in [-0.15, -0.1) is 0 Å². The fraction of sp³-hybridized carbons (Fsp3) is 0.381. The van der Waals surface area contributed by atoms with Gasteiger partial charge in [0.05, 0.1) is 11.5 Å². The maximum atomic E-state index is 10.7. The molecule has 0 radical (unpaired) electrons. The zero-order valence-corrected chi connectivity index (χ0v) is 14.9. The summed E-state index contributed by atoms with van der Waals surface area (Å²) in [5.74, 6) is -0.0954. The Labute approximate surface area is 148 Å². The van der Waals surface area contributed by atoms with Crippen molar-refractivity contribution in [2.75, 3.05) is 0 Å². The largest absolute Gasteiger partial charge is 0.496 e. The number of benzene rings is 2. The van der Waals surface area contributed by atoms with Gasteiger partial charge in [-0.1, -0.05) is 54.1 Å². The van der Waals surface area contributed by atoms with Gasteiger partial charge in [-0.3, -0.25) is 5.32 Å². The van der Waals surface area contributed by atoms with Gasteiger partial charge in [0.25, 0.3) is 0 Å². The molecule has 0 aromatic heterocycles. The van der Waals surface area contributed by atoms with E-state index < -0.39 is 5.60 Å². The number of hydrogen-bond donors (Lipinski definition) is 2. The Morgan fingerprint density at radius 1 is 1.16 bits per heavy atom. The topological polar surface area (TPSA) is 53.9 Å². The van der Waals surface area contributed by atoms with Crippen molar-refractivity contribution in [1.29, 1.82) is 0 Å². The highest BCUT2D eigenvalue weighted by atomic mass is 16.5. The van der Waals surface area contributed by atoms with E-state index >= 15 is 0 Å². The van der Waals surface area contributed by atoms with Crippen molar-refractivity contribution in [2.45, 2.75) is 51.1 Å². The molecule has 2 N–H and O–H groups in total. The summed E-state index contributed by atoms with van der Waals surface area (Å²) in [5.41, 5.74) is 4.17. The molecular weight excluding hydrogens is 312 g/mol. The van der Waals surface area contributed by atoms with Gasteiger partial charge in [0.2, 0.25) is 0 Å². The molecule has 2 aromatic rings. The first-order valence-electron chi connectivity index (χ1n) is 8.79. The van der Waals surface area contributed by atoms with Crippen molar-refractivity contribution in [3.63, 3.8) is 0 Å². The summed E-state index contributed by atoms with van der Waals surface area (Å²) in [4.78, 5) is 4.52. The molecular formula is C21H24N2O2. The van der Waals surface area contributed by atoms with Gasteiger partial charge in [-0.25, -0.2) is 4.99 Å². The number of aliphatic hydroxyl groups is 1. The van der Waals surface area contributed by atoms with Gasteiger partial charge < -0.3 is 9.84 Å². The minimum absolute atomic E-state index is 0.159. The summed E-state index contributed by atoms with van der Waals surface area (Å²) in [6.45, 7) is 6.22. The summed E-state index contributed by atoms with van der Waals surface area (Å²) in [6.07, 6.45) is 0.250. The van der Waals surface area contributed by atoms with Crippen LogP contribution in [0.5, 0.6) is 0 Å². The summed E-state index contributed by atoms with van der Waals surface area (Å²) in [5, 5.41) is 14.2. The third-order valence-corrected chi connectivity index (χ3v) is 5.11. The highest BCUT2D eigenvalue weighted by Crippen LogP contribution is 2.42. The minimum atomic E-state index is -0.411. The van der Waals surface area contributed by atoms with E-state index in [1.54, 1.807) is 0 Å². The molecule has 4 rings (SSSR count). The number of aliphatic hydroxyl groups excluding tert-OH is 1. The van der Waals surface area contributed by atoms with Crippen molar-refractivity contribution in [1.82, 2.24) is 5.32 Å². The number of ether oxygens (including phenoxy) is 1. The van der Waals surface area contributed by atoms with E-state index in [0.29, 0.717) is 0 Å². The minimum Gasteiger partial charge on any atom is -0.496 e. The van der Waals surface area contributed by atoms with E-state index in [1.165, 1.54) is 11.1 Å². The standard InChI is InChI=1S/C21H24N2O2/c1-13-9-10-16-15(11-13)18-19(24)22-17(12-14-7-5-4-6-8-14)23-20(18)25-21(16,2)3/h4-11,17-18,20,23H,12H2,1-3H3,(H,22,24). The maximum absolute atomic E-state index is 10.7. The molecule has 2 aliphatic rings. The van der Waals surface area contributed by atoms with Crippen molar-refractivity contribution >= 4 is 5.90 Å². The number of rotatable bonds is 2. The molecule has 0 bridgehead atoms. The summed E-state index contributed by atoms with van der Waals surface area (Å²) < 4.78 is 6.33. The summed E-state index contributed by atoms with van der Waals surface area (Å²) >= 11 is 0. The number of nitrogens with zero attached hydrogens (tertiary/aromatic N) is 1. The zero-order valence-electron chi connectivity index (χ0n) is 14.9. The fourth-order valence-corrected chi connectivity index (χ4v) is 3.91. The Balaban J connectivity index is 1.69. The van der Waals surface area contributed by atoms with Crippen molar-refractivity contribution in [3.05, 3.63) is 70.8 Å². The van der Waals surface area contributed by atoms with Gasteiger partial charge in [0.1, 0.15) is 12.4 Å². The fourth-order valence-electron chi connectivity index (χ4n) is 3.91. The Bertz CT molecular complexity index is 814. The molecule has 25 heavy (non-hydrogen) atoms. The molecule has 0 aliphatic carbocycles. The van der Waals surface area contributed by atoms with Crippen LogP contribution in [0.2, 0.25) is 0 Å². The molecule has 0 saturated heterocycles. The van der Waals surface area contributed by atoms with Crippen LogP contribution in [0.1, 0.15) is 42.0 Å². The Morgan fingerprint density at radius 3 is 2.68 bits per heavy atom. The van der Waals surface area contributed by atoms with Crippen LogP contribution in [0.25, 0.3) is 0 Å². The van der Waals surface area contributed by atoms with Gasteiger partial charge >= 0.3 is 0 Å². The quantitative estimate of drug-likeness (QED) is 0.877. The second-order valence-corrected chi connectivity index (χ2v) is 7.48. The van der Waals surface area contributed by atoms with Crippen LogP contribution in [0.3, 0.4) is 0 Å². The third kappa shape index (κ3) is 2.96.